The second kappa shape index (κ2) is 4.33. The van der Waals surface area contributed by atoms with E-state index < -0.39 is 0 Å². The molecular formula is C13H17N5. The predicted molar refractivity (Wildman–Crippen MR) is 71.7 cm³/mol. The summed E-state index contributed by atoms with van der Waals surface area (Å²) in [4.78, 5) is 8.93. The maximum Gasteiger partial charge on any atom is 0.191 e. The summed E-state index contributed by atoms with van der Waals surface area (Å²) < 4.78 is 2.04. The minimum absolute atomic E-state index is 0.427. The quantitative estimate of drug-likeness (QED) is 0.830. The summed E-state index contributed by atoms with van der Waals surface area (Å²) >= 11 is 0. The number of hydrogen-bond donors (Lipinski definition) is 2. The van der Waals surface area contributed by atoms with Crippen LogP contribution in [0.15, 0.2) is 29.5 Å². The van der Waals surface area contributed by atoms with Crippen LogP contribution >= 0.6 is 0 Å². The van der Waals surface area contributed by atoms with Crippen LogP contribution in [0, 0.1) is 6.92 Å². The Hall–Kier alpha value is -2.04. The number of nitrogens with one attached hydrogen (secondary N) is 2. The number of imidazole rings is 1. The minimum Gasteiger partial charge on any atom is -0.352 e. The van der Waals surface area contributed by atoms with Gasteiger partial charge in [0.1, 0.15) is 5.65 Å². The van der Waals surface area contributed by atoms with Crippen LogP contribution in [-0.2, 0) is 6.54 Å². The molecule has 0 fully saturated rings. The normalized spacial score (nSPS) is 18.8. The van der Waals surface area contributed by atoms with Crippen LogP contribution in [0.2, 0.25) is 0 Å². The van der Waals surface area contributed by atoms with Gasteiger partial charge in [-0.3, -0.25) is 4.99 Å². The van der Waals surface area contributed by atoms with Crippen LogP contribution in [0.1, 0.15) is 18.2 Å². The number of hydrogen-bond acceptors (Lipinski definition) is 4. The molecule has 1 aliphatic rings. The standard InChI is InChI=1S/C13H17N5/c1-9-3-4-18-8-11(17-12(18)5-9)7-15-13-14-6-10(2)16-13/h3-5,8,10H,6-7H2,1-2H3,(H2,14,15,16). The molecule has 1 unspecified atom stereocenters. The molecule has 1 aliphatic heterocycles. The first-order valence-electron chi connectivity index (χ1n) is 6.20. The Bertz CT molecular complexity index is 598. The first-order chi connectivity index (χ1) is 8.70. The van der Waals surface area contributed by atoms with Crippen molar-refractivity contribution in [3.63, 3.8) is 0 Å². The molecule has 1 atom stereocenters. The number of aryl methyl sites for hydroxylation is 1. The van der Waals surface area contributed by atoms with Crippen molar-refractivity contribution in [2.75, 3.05) is 6.54 Å². The van der Waals surface area contributed by atoms with Crippen LogP contribution < -0.4 is 10.6 Å². The zero-order chi connectivity index (χ0) is 12.5. The third-order valence-corrected chi connectivity index (χ3v) is 3.01. The molecule has 3 heterocycles. The highest BCUT2D eigenvalue weighted by atomic mass is 15.2. The van der Waals surface area contributed by atoms with Gasteiger partial charge in [-0.05, 0) is 31.5 Å². The van der Waals surface area contributed by atoms with Gasteiger partial charge < -0.3 is 15.0 Å². The first-order valence-corrected chi connectivity index (χ1v) is 6.20. The van der Waals surface area contributed by atoms with E-state index >= 15 is 0 Å². The highest BCUT2D eigenvalue weighted by Crippen LogP contribution is 2.07. The topological polar surface area (TPSA) is 53.7 Å². The van der Waals surface area contributed by atoms with E-state index in [-0.39, 0.29) is 0 Å². The lowest BCUT2D eigenvalue weighted by atomic mass is 10.3. The van der Waals surface area contributed by atoms with Crippen molar-refractivity contribution in [2.45, 2.75) is 26.4 Å². The average Bonchev–Trinajstić information content (AvgIpc) is 2.92. The summed E-state index contributed by atoms with van der Waals surface area (Å²) in [7, 11) is 0. The smallest absolute Gasteiger partial charge is 0.191 e. The highest BCUT2D eigenvalue weighted by molar-refractivity contribution is 5.81. The number of aromatic nitrogens is 2. The average molecular weight is 243 g/mol. The summed E-state index contributed by atoms with van der Waals surface area (Å²) in [5.41, 5.74) is 3.23. The van der Waals surface area contributed by atoms with Gasteiger partial charge in [-0.2, -0.15) is 0 Å². The van der Waals surface area contributed by atoms with Gasteiger partial charge in [-0.1, -0.05) is 0 Å². The minimum atomic E-state index is 0.427. The summed E-state index contributed by atoms with van der Waals surface area (Å²) in [6.45, 7) is 5.73. The van der Waals surface area contributed by atoms with Crippen LogP contribution in [0.5, 0.6) is 0 Å². The number of rotatable bonds is 2. The molecule has 5 nitrogen and oxygen atoms in total. The van der Waals surface area contributed by atoms with E-state index in [2.05, 4.69) is 46.6 Å². The number of nitrogens with zero attached hydrogens (tertiary/aromatic N) is 3. The zero-order valence-electron chi connectivity index (χ0n) is 10.6. The van der Waals surface area contributed by atoms with Crippen molar-refractivity contribution < 1.29 is 0 Å². The SMILES string of the molecule is Cc1ccn2cc(CNC3=NCC(C)N3)nc2c1. The molecule has 2 aromatic rings. The van der Waals surface area contributed by atoms with E-state index in [0.29, 0.717) is 12.6 Å². The molecule has 2 N–H and O–H groups in total. The molecule has 18 heavy (non-hydrogen) atoms. The molecule has 0 saturated carbocycles. The van der Waals surface area contributed by atoms with Crippen LogP contribution in [0.4, 0.5) is 0 Å². The Balaban J connectivity index is 1.71. The van der Waals surface area contributed by atoms with E-state index in [0.717, 1.165) is 23.8 Å². The largest absolute Gasteiger partial charge is 0.352 e. The third kappa shape index (κ3) is 2.16. The molecule has 0 spiro atoms. The van der Waals surface area contributed by atoms with E-state index in [9.17, 15) is 0 Å². The molecule has 0 radical (unpaired) electrons. The molecule has 94 valence electrons. The molecule has 2 aromatic heterocycles. The number of aliphatic imine (C=N–C) groups is 1. The van der Waals surface area contributed by atoms with E-state index in [1.807, 2.05) is 16.8 Å². The van der Waals surface area contributed by atoms with Gasteiger partial charge in [0.25, 0.3) is 0 Å². The van der Waals surface area contributed by atoms with Gasteiger partial charge in [0, 0.05) is 18.4 Å². The fraction of sp³-hybridized carbons (Fsp3) is 0.385. The number of fused-ring (bicyclic) bond motifs is 1. The van der Waals surface area contributed by atoms with Gasteiger partial charge in [-0.25, -0.2) is 4.98 Å². The summed E-state index contributed by atoms with van der Waals surface area (Å²) in [6, 6.07) is 4.59. The highest BCUT2D eigenvalue weighted by Gasteiger charge is 2.12. The van der Waals surface area contributed by atoms with Crippen LogP contribution in [0.3, 0.4) is 0 Å². The molecule has 5 heteroatoms. The maximum absolute atomic E-state index is 4.57. The van der Waals surface area contributed by atoms with Crippen molar-refractivity contribution in [3.05, 3.63) is 35.8 Å². The Labute approximate surface area is 106 Å². The summed E-state index contributed by atoms with van der Waals surface area (Å²) in [5, 5.41) is 6.54. The van der Waals surface area contributed by atoms with Crippen molar-refractivity contribution in [3.8, 4) is 0 Å². The molecule has 0 amide bonds. The molecular weight excluding hydrogens is 226 g/mol. The van der Waals surface area contributed by atoms with Crippen LogP contribution in [-0.4, -0.2) is 27.9 Å². The predicted octanol–water partition coefficient (Wildman–Crippen LogP) is 1.08. The fourth-order valence-corrected chi connectivity index (χ4v) is 2.06. The lowest BCUT2D eigenvalue weighted by Crippen LogP contribution is -2.37. The molecule has 3 rings (SSSR count). The second-order valence-corrected chi connectivity index (χ2v) is 4.79. The first kappa shape index (κ1) is 11.1. The Morgan fingerprint density at radius 3 is 3.22 bits per heavy atom. The van der Waals surface area contributed by atoms with Crippen molar-refractivity contribution in [1.82, 2.24) is 20.0 Å². The van der Waals surface area contributed by atoms with Gasteiger partial charge in [0.2, 0.25) is 0 Å². The molecule has 0 bridgehead atoms. The lowest BCUT2D eigenvalue weighted by Gasteiger charge is -2.06. The Morgan fingerprint density at radius 2 is 2.44 bits per heavy atom. The van der Waals surface area contributed by atoms with E-state index in [1.165, 1.54) is 5.56 Å². The fourth-order valence-electron chi connectivity index (χ4n) is 2.06. The third-order valence-electron chi connectivity index (χ3n) is 3.01. The van der Waals surface area contributed by atoms with Gasteiger partial charge >= 0.3 is 0 Å². The van der Waals surface area contributed by atoms with E-state index in [4.69, 9.17) is 0 Å². The lowest BCUT2D eigenvalue weighted by molar-refractivity contribution is 0.712. The van der Waals surface area contributed by atoms with Crippen molar-refractivity contribution in [1.29, 1.82) is 0 Å². The Morgan fingerprint density at radius 1 is 1.56 bits per heavy atom. The number of guanidine groups is 1. The zero-order valence-corrected chi connectivity index (χ0v) is 10.6. The van der Waals surface area contributed by atoms with Gasteiger partial charge in [0.05, 0.1) is 18.8 Å². The summed E-state index contributed by atoms with van der Waals surface area (Å²) in [5.74, 6) is 0.871. The molecule has 0 aliphatic carbocycles. The maximum atomic E-state index is 4.57. The molecule has 0 aromatic carbocycles. The van der Waals surface area contributed by atoms with Crippen molar-refractivity contribution in [2.24, 2.45) is 4.99 Å². The van der Waals surface area contributed by atoms with Crippen LogP contribution in [0.25, 0.3) is 5.65 Å². The number of pyridine rings is 1. The van der Waals surface area contributed by atoms with Gasteiger partial charge in [-0.15, -0.1) is 0 Å². The van der Waals surface area contributed by atoms with E-state index in [1.54, 1.807) is 0 Å². The second-order valence-electron chi connectivity index (χ2n) is 4.79. The van der Waals surface area contributed by atoms with Gasteiger partial charge in [0.15, 0.2) is 5.96 Å². The monoisotopic (exact) mass is 243 g/mol. The van der Waals surface area contributed by atoms with Crippen molar-refractivity contribution >= 4 is 11.6 Å². The Kier molecular flexibility index (Phi) is 2.66. The molecule has 0 saturated heterocycles. The summed E-state index contributed by atoms with van der Waals surface area (Å²) in [6.07, 6.45) is 4.08.